The van der Waals surface area contributed by atoms with Crippen molar-refractivity contribution >= 4 is 18.1 Å². The van der Waals surface area contributed by atoms with E-state index < -0.39 is 17.9 Å². The van der Waals surface area contributed by atoms with Crippen molar-refractivity contribution in [2.75, 3.05) is 6.61 Å². The number of ether oxygens (including phenoxy) is 1. The molecule has 2 amide bonds. The van der Waals surface area contributed by atoms with Crippen molar-refractivity contribution < 1.29 is 14.3 Å². The van der Waals surface area contributed by atoms with E-state index in [-0.39, 0.29) is 12.6 Å². The number of benzene rings is 1. The number of carbonyl (C=O) groups excluding carboxylic acids is 2. The summed E-state index contributed by atoms with van der Waals surface area (Å²) in [6, 6.07) is 8.70. The molecule has 1 fully saturated rings. The Morgan fingerprint density at radius 2 is 2.05 bits per heavy atom. The van der Waals surface area contributed by atoms with Gasteiger partial charge in [0, 0.05) is 5.70 Å². The Morgan fingerprint density at radius 1 is 1.32 bits per heavy atom. The molecule has 0 unspecified atom stereocenters. The first-order valence-electron chi connectivity index (χ1n) is 6.89. The number of nitrogens with one attached hydrogen (secondary N) is 2. The number of rotatable bonds is 5. The highest BCUT2D eigenvalue weighted by Gasteiger charge is 2.36. The first-order chi connectivity index (χ1) is 10.6. The van der Waals surface area contributed by atoms with Crippen LogP contribution < -0.4 is 10.6 Å². The summed E-state index contributed by atoms with van der Waals surface area (Å²) < 4.78 is 5.08. The lowest BCUT2D eigenvalue weighted by molar-refractivity contribution is -0.146. The first kappa shape index (κ1) is 15.6. The van der Waals surface area contributed by atoms with Crippen LogP contribution in [0.25, 0.3) is 6.08 Å². The van der Waals surface area contributed by atoms with Crippen LogP contribution in [0.4, 0.5) is 4.79 Å². The Kier molecular flexibility index (Phi) is 5.14. The van der Waals surface area contributed by atoms with Crippen molar-refractivity contribution in [2.24, 2.45) is 5.92 Å². The van der Waals surface area contributed by atoms with E-state index in [0.717, 1.165) is 5.56 Å². The summed E-state index contributed by atoms with van der Waals surface area (Å²) in [5.74, 6) is -1.14. The average molecular weight is 298 g/mol. The van der Waals surface area contributed by atoms with Crippen molar-refractivity contribution in [1.29, 1.82) is 0 Å². The SMILES string of the molecule is C=CCOC(=O)[C@H]1C(=C)NC(=O)N[C@@H]1/C=C/c1ccccc1. The fourth-order valence-electron chi connectivity index (χ4n) is 2.17. The number of urea groups is 1. The molecule has 2 rings (SSSR count). The van der Waals surface area contributed by atoms with Gasteiger partial charge in [-0.1, -0.05) is 61.7 Å². The molecule has 5 heteroatoms. The third kappa shape index (κ3) is 3.85. The van der Waals surface area contributed by atoms with Gasteiger partial charge in [-0.05, 0) is 5.56 Å². The molecule has 1 saturated heterocycles. The van der Waals surface area contributed by atoms with E-state index in [1.165, 1.54) is 6.08 Å². The zero-order chi connectivity index (χ0) is 15.9. The third-order valence-electron chi connectivity index (χ3n) is 3.20. The molecule has 0 spiro atoms. The molecule has 1 aromatic carbocycles. The maximum absolute atomic E-state index is 12.1. The predicted molar refractivity (Wildman–Crippen MR) is 84.7 cm³/mol. The second-order valence-corrected chi connectivity index (χ2v) is 4.82. The summed E-state index contributed by atoms with van der Waals surface area (Å²) in [5.41, 5.74) is 1.29. The highest BCUT2D eigenvalue weighted by atomic mass is 16.5. The quantitative estimate of drug-likeness (QED) is 0.647. The summed E-state index contributed by atoms with van der Waals surface area (Å²) in [5, 5.41) is 5.21. The number of hydrogen-bond acceptors (Lipinski definition) is 3. The van der Waals surface area contributed by atoms with E-state index in [0.29, 0.717) is 5.70 Å². The van der Waals surface area contributed by atoms with Crippen LogP contribution in [0.15, 0.2) is 61.3 Å². The molecule has 114 valence electrons. The van der Waals surface area contributed by atoms with E-state index >= 15 is 0 Å². The Morgan fingerprint density at radius 3 is 2.73 bits per heavy atom. The van der Waals surface area contributed by atoms with Gasteiger partial charge in [0.15, 0.2) is 0 Å². The van der Waals surface area contributed by atoms with Gasteiger partial charge >= 0.3 is 12.0 Å². The fraction of sp³-hybridized carbons (Fsp3) is 0.176. The van der Waals surface area contributed by atoms with Gasteiger partial charge in [-0.15, -0.1) is 0 Å². The normalized spacial score (nSPS) is 21.1. The van der Waals surface area contributed by atoms with Crippen molar-refractivity contribution in [2.45, 2.75) is 6.04 Å². The van der Waals surface area contributed by atoms with E-state index in [1.807, 2.05) is 36.4 Å². The van der Waals surface area contributed by atoms with Gasteiger partial charge in [0.1, 0.15) is 12.5 Å². The minimum absolute atomic E-state index is 0.117. The van der Waals surface area contributed by atoms with Crippen LogP contribution in [0, 0.1) is 5.92 Å². The maximum Gasteiger partial charge on any atom is 0.319 e. The lowest BCUT2D eigenvalue weighted by Crippen LogP contribution is -2.55. The van der Waals surface area contributed by atoms with Gasteiger partial charge in [0.25, 0.3) is 0 Å². The van der Waals surface area contributed by atoms with Gasteiger partial charge in [0.05, 0.1) is 6.04 Å². The summed E-state index contributed by atoms with van der Waals surface area (Å²) in [7, 11) is 0. The second-order valence-electron chi connectivity index (χ2n) is 4.82. The topological polar surface area (TPSA) is 67.4 Å². The van der Waals surface area contributed by atoms with Crippen molar-refractivity contribution in [3.63, 3.8) is 0 Å². The van der Waals surface area contributed by atoms with Crippen LogP contribution in [-0.2, 0) is 9.53 Å². The molecule has 0 bridgehead atoms. The fourth-order valence-corrected chi connectivity index (χ4v) is 2.17. The second kappa shape index (κ2) is 7.26. The summed E-state index contributed by atoms with van der Waals surface area (Å²) in [6.45, 7) is 7.37. The van der Waals surface area contributed by atoms with Gasteiger partial charge in [-0.3, -0.25) is 4.79 Å². The maximum atomic E-state index is 12.1. The van der Waals surface area contributed by atoms with Gasteiger partial charge in [-0.2, -0.15) is 0 Å². The molecule has 0 saturated carbocycles. The molecule has 0 radical (unpaired) electrons. The highest BCUT2D eigenvalue weighted by Crippen LogP contribution is 2.20. The zero-order valence-corrected chi connectivity index (χ0v) is 12.1. The van der Waals surface area contributed by atoms with Gasteiger partial charge in [-0.25, -0.2) is 4.79 Å². The molecule has 1 heterocycles. The van der Waals surface area contributed by atoms with E-state index in [2.05, 4.69) is 23.8 Å². The number of amides is 2. The Bertz CT molecular complexity index is 608. The van der Waals surface area contributed by atoms with Crippen LogP contribution in [0.1, 0.15) is 5.56 Å². The number of carbonyl (C=O) groups is 2. The predicted octanol–water partition coefficient (Wildman–Crippen LogP) is 2.24. The van der Waals surface area contributed by atoms with E-state index in [1.54, 1.807) is 6.08 Å². The van der Waals surface area contributed by atoms with Gasteiger partial charge in [0.2, 0.25) is 0 Å². The molecule has 2 N–H and O–H groups in total. The lowest BCUT2D eigenvalue weighted by Gasteiger charge is -2.31. The van der Waals surface area contributed by atoms with E-state index in [4.69, 9.17) is 4.74 Å². The molecule has 0 aliphatic carbocycles. The Labute approximate surface area is 129 Å². The van der Waals surface area contributed by atoms with Crippen LogP contribution in [-0.4, -0.2) is 24.6 Å². The molecule has 1 aliphatic heterocycles. The molecular weight excluding hydrogens is 280 g/mol. The van der Waals surface area contributed by atoms with Crippen LogP contribution >= 0.6 is 0 Å². The van der Waals surface area contributed by atoms with Crippen molar-refractivity contribution in [3.05, 3.63) is 66.9 Å². The Balaban J connectivity index is 2.17. The van der Waals surface area contributed by atoms with Gasteiger partial charge < -0.3 is 15.4 Å². The smallest absolute Gasteiger partial charge is 0.319 e. The number of hydrogen-bond donors (Lipinski definition) is 2. The van der Waals surface area contributed by atoms with Crippen LogP contribution in [0.3, 0.4) is 0 Å². The van der Waals surface area contributed by atoms with Crippen molar-refractivity contribution in [1.82, 2.24) is 10.6 Å². The van der Waals surface area contributed by atoms with Crippen LogP contribution in [0.2, 0.25) is 0 Å². The lowest BCUT2D eigenvalue weighted by atomic mass is 9.94. The Hall–Kier alpha value is -2.82. The van der Waals surface area contributed by atoms with E-state index in [9.17, 15) is 9.59 Å². The minimum atomic E-state index is -0.683. The van der Waals surface area contributed by atoms with Crippen LogP contribution in [0.5, 0.6) is 0 Å². The molecule has 2 atom stereocenters. The largest absolute Gasteiger partial charge is 0.461 e. The molecule has 1 aromatic rings. The average Bonchev–Trinajstić information content (AvgIpc) is 2.51. The molecule has 0 aromatic heterocycles. The molecular formula is C17H18N2O3. The summed E-state index contributed by atoms with van der Waals surface area (Å²) in [6.07, 6.45) is 5.10. The molecule has 1 aliphatic rings. The highest BCUT2D eigenvalue weighted by molar-refractivity contribution is 5.85. The zero-order valence-electron chi connectivity index (χ0n) is 12.1. The number of esters is 1. The monoisotopic (exact) mass is 298 g/mol. The standard InChI is InChI=1S/C17H18N2O3/c1-3-11-22-16(20)15-12(2)18-17(21)19-14(15)10-9-13-7-5-4-6-8-13/h3-10,14-15H,1-2,11H2,(H2,18,19,21)/b10-9+/t14-,15+/m1/s1. The molecule has 22 heavy (non-hydrogen) atoms. The third-order valence-corrected chi connectivity index (χ3v) is 3.20. The first-order valence-corrected chi connectivity index (χ1v) is 6.89. The minimum Gasteiger partial charge on any atom is -0.461 e. The summed E-state index contributed by atoms with van der Waals surface area (Å²) >= 11 is 0. The van der Waals surface area contributed by atoms with Crippen molar-refractivity contribution in [3.8, 4) is 0 Å². The summed E-state index contributed by atoms with van der Waals surface area (Å²) in [4.78, 5) is 23.7. The molecule has 5 nitrogen and oxygen atoms in total.